The molecule has 1 aromatic carbocycles. The molecule has 1 amide bonds. The molecule has 1 fully saturated rings. The molecule has 1 aromatic heterocycles. The van der Waals surface area contributed by atoms with E-state index in [1.807, 2.05) is 0 Å². The number of amides is 1. The minimum absolute atomic E-state index is 0.0727. The molecule has 0 atom stereocenters. The van der Waals surface area contributed by atoms with E-state index in [0.29, 0.717) is 11.7 Å². The van der Waals surface area contributed by atoms with E-state index in [0.717, 1.165) is 49.0 Å². The summed E-state index contributed by atoms with van der Waals surface area (Å²) in [6.45, 7) is 0. The largest absolute Gasteiger partial charge is 0.348 e. The number of carbonyl (C=O) groups excluding carboxylic acids is 1. The molecule has 4 nitrogen and oxygen atoms in total. The lowest BCUT2D eigenvalue weighted by Crippen LogP contribution is -2.26. The SMILES string of the molecule is O=C(NC1CC1)c1nn(-c2ccc(F)cc2)c2c1CCC2. The van der Waals surface area contributed by atoms with Crippen molar-refractivity contribution in [3.05, 3.63) is 47.0 Å². The number of carbonyl (C=O) groups is 1. The van der Waals surface area contributed by atoms with E-state index in [-0.39, 0.29) is 11.7 Å². The summed E-state index contributed by atoms with van der Waals surface area (Å²) in [5.74, 6) is -0.342. The number of aromatic nitrogens is 2. The minimum Gasteiger partial charge on any atom is -0.348 e. The van der Waals surface area contributed by atoms with Gasteiger partial charge in [-0.15, -0.1) is 0 Å². The summed E-state index contributed by atoms with van der Waals surface area (Å²) in [4.78, 5) is 12.3. The van der Waals surface area contributed by atoms with Gasteiger partial charge in [0.05, 0.1) is 5.69 Å². The molecule has 5 heteroatoms. The van der Waals surface area contributed by atoms with E-state index in [4.69, 9.17) is 0 Å². The molecule has 0 radical (unpaired) electrons. The number of nitrogens with one attached hydrogen (secondary N) is 1. The highest BCUT2D eigenvalue weighted by molar-refractivity contribution is 5.94. The zero-order chi connectivity index (χ0) is 14.4. The Morgan fingerprint density at radius 1 is 1.24 bits per heavy atom. The summed E-state index contributed by atoms with van der Waals surface area (Å²) in [5, 5.41) is 7.49. The lowest BCUT2D eigenvalue weighted by atomic mass is 10.2. The average molecular weight is 285 g/mol. The first-order chi connectivity index (χ1) is 10.2. The lowest BCUT2D eigenvalue weighted by Gasteiger charge is -2.05. The summed E-state index contributed by atoms with van der Waals surface area (Å²) in [5.41, 5.74) is 3.48. The number of rotatable bonds is 3. The van der Waals surface area contributed by atoms with Gasteiger partial charge in [0.25, 0.3) is 5.91 Å². The second-order valence-corrected chi connectivity index (χ2v) is 5.76. The number of hydrogen-bond donors (Lipinski definition) is 1. The van der Waals surface area contributed by atoms with E-state index < -0.39 is 0 Å². The molecule has 4 rings (SSSR count). The maximum Gasteiger partial charge on any atom is 0.272 e. The molecule has 0 bridgehead atoms. The van der Waals surface area contributed by atoms with Gasteiger partial charge in [-0.2, -0.15) is 5.10 Å². The van der Waals surface area contributed by atoms with E-state index in [2.05, 4.69) is 10.4 Å². The van der Waals surface area contributed by atoms with Crippen LogP contribution in [0.1, 0.15) is 41.0 Å². The third-order valence-corrected chi connectivity index (χ3v) is 4.13. The van der Waals surface area contributed by atoms with E-state index in [9.17, 15) is 9.18 Å². The van der Waals surface area contributed by atoms with Gasteiger partial charge in [-0.3, -0.25) is 4.79 Å². The first kappa shape index (κ1) is 12.6. The summed E-state index contributed by atoms with van der Waals surface area (Å²) in [6, 6.07) is 6.56. The van der Waals surface area contributed by atoms with Gasteiger partial charge in [0.2, 0.25) is 0 Å². The van der Waals surface area contributed by atoms with Crippen LogP contribution in [0.4, 0.5) is 4.39 Å². The van der Waals surface area contributed by atoms with Crippen LogP contribution in [0.2, 0.25) is 0 Å². The van der Waals surface area contributed by atoms with E-state index in [1.54, 1.807) is 16.8 Å². The summed E-state index contributed by atoms with van der Waals surface area (Å²) >= 11 is 0. The Labute approximate surface area is 122 Å². The first-order valence-corrected chi connectivity index (χ1v) is 7.40. The molecular weight excluding hydrogens is 269 g/mol. The molecule has 1 saturated carbocycles. The van der Waals surface area contributed by atoms with Crippen molar-refractivity contribution in [2.24, 2.45) is 0 Å². The third-order valence-electron chi connectivity index (χ3n) is 4.13. The van der Waals surface area contributed by atoms with Crippen molar-refractivity contribution in [1.29, 1.82) is 0 Å². The van der Waals surface area contributed by atoms with Crippen molar-refractivity contribution in [2.45, 2.75) is 38.1 Å². The Kier molecular flexibility index (Phi) is 2.80. The van der Waals surface area contributed by atoms with Crippen molar-refractivity contribution in [3.8, 4) is 5.69 Å². The standard InChI is InChI=1S/C16H16FN3O/c17-10-4-8-12(9-5-10)20-14-3-1-2-13(14)15(19-20)16(21)18-11-6-7-11/h4-5,8-9,11H,1-3,6-7H2,(H,18,21). The maximum absolute atomic E-state index is 13.1. The molecule has 0 unspecified atom stereocenters. The first-order valence-electron chi connectivity index (χ1n) is 7.40. The minimum atomic E-state index is -0.269. The molecule has 2 aliphatic carbocycles. The molecule has 2 aliphatic rings. The molecule has 1 heterocycles. The van der Waals surface area contributed by atoms with Gasteiger partial charge in [0, 0.05) is 17.3 Å². The lowest BCUT2D eigenvalue weighted by molar-refractivity contribution is 0.0944. The van der Waals surface area contributed by atoms with Crippen LogP contribution >= 0.6 is 0 Å². The van der Waals surface area contributed by atoms with Crippen LogP contribution in [0, 0.1) is 5.82 Å². The topological polar surface area (TPSA) is 46.9 Å². The zero-order valence-corrected chi connectivity index (χ0v) is 11.6. The Bertz CT molecular complexity index is 701. The van der Waals surface area contributed by atoms with Crippen molar-refractivity contribution < 1.29 is 9.18 Å². The third kappa shape index (κ3) is 2.22. The molecule has 0 spiro atoms. The fraction of sp³-hybridized carbons (Fsp3) is 0.375. The van der Waals surface area contributed by atoms with Crippen LogP contribution in [0.3, 0.4) is 0 Å². The normalized spacial score (nSPS) is 16.8. The fourth-order valence-electron chi connectivity index (χ4n) is 2.90. The summed E-state index contributed by atoms with van der Waals surface area (Å²) in [7, 11) is 0. The molecule has 0 saturated heterocycles. The Hall–Kier alpha value is -2.17. The van der Waals surface area contributed by atoms with Crippen molar-refractivity contribution in [1.82, 2.24) is 15.1 Å². The predicted octanol–water partition coefficient (Wildman–Crippen LogP) is 2.39. The predicted molar refractivity (Wildman–Crippen MR) is 76.0 cm³/mol. The van der Waals surface area contributed by atoms with Crippen LogP contribution in [0.15, 0.2) is 24.3 Å². The van der Waals surface area contributed by atoms with Crippen molar-refractivity contribution in [2.75, 3.05) is 0 Å². The van der Waals surface area contributed by atoms with Gasteiger partial charge in [-0.05, 0) is 56.4 Å². The van der Waals surface area contributed by atoms with Crippen LogP contribution in [0.25, 0.3) is 5.69 Å². The second kappa shape index (κ2) is 4.69. The van der Waals surface area contributed by atoms with Gasteiger partial charge < -0.3 is 5.32 Å². The number of benzene rings is 1. The number of nitrogens with zero attached hydrogens (tertiary/aromatic N) is 2. The molecule has 1 N–H and O–H groups in total. The maximum atomic E-state index is 13.1. The van der Waals surface area contributed by atoms with Gasteiger partial charge in [-0.1, -0.05) is 0 Å². The smallest absolute Gasteiger partial charge is 0.272 e. The fourth-order valence-corrected chi connectivity index (χ4v) is 2.90. The quantitative estimate of drug-likeness (QED) is 0.941. The molecule has 21 heavy (non-hydrogen) atoms. The zero-order valence-electron chi connectivity index (χ0n) is 11.6. The number of hydrogen-bond acceptors (Lipinski definition) is 2. The Balaban J connectivity index is 1.74. The van der Waals surface area contributed by atoms with Gasteiger partial charge in [-0.25, -0.2) is 9.07 Å². The van der Waals surface area contributed by atoms with E-state index >= 15 is 0 Å². The number of fused-ring (bicyclic) bond motifs is 1. The monoisotopic (exact) mass is 285 g/mol. The highest BCUT2D eigenvalue weighted by Gasteiger charge is 2.30. The van der Waals surface area contributed by atoms with Crippen LogP contribution in [-0.2, 0) is 12.8 Å². The Morgan fingerprint density at radius 2 is 2.00 bits per heavy atom. The molecular formula is C16H16FN3O. The summed E-state index contributed by atoms with van der Waals surface area (Å²) < 4.78 is 14.9. The molecule has 2 aromatic rings. The highest BCUT2D eigenvalue weighted by atomic mass is 19.1. The highest BCUT2D eigenvalue weighted by Crippen LogP contribution is 2.28. The van der Waals surface area contributed by atoms with Crippen LogP contribution in [0.5, 0.6) is 0 Å². The van der Waals surface area contributed by atoms with E-state index in [1.165, 1.54) is 12.1 Å². The van der Waals surface area contributed by atoms with Crippen molar-refractivity contribution >= 4 is 5.91 Å². The number of halogens is 1. The average Bonchev–Trinajstić information content (AvgIpc) is 3.02. The van der Waals surface area contributed by atoms with Crippen LogP contribution in [-0.4, -0.2) is 21.7 Å². The second-order valence-electron chi connectivity index (χ2n) is 5.76. The van der Waals surface area contributed by atoms with Gasteiger partial charge in [0.15, 0.2) is 5.69 Å². The molecule has 0 aliphatic heterocycles. The molecule has 108 valence electrons. The Morgan fingerprint density at radius 3 is 2.71 bits per heavy atom. The van der Waals surface area contributed by atoms with Gasteiger partial charge in [0.1, 0.15) is 5.82 Å². The van der Waals surface area contributed by atoms with Gasteiger partial charge >= 0.3 is 0 Å². The van der Waals surface area contributed by atoms with Crippen LogP contribution < -0.4 is 5.32 Å². The summed E-state index contributed by atoms with van der Waals surface area (Å²) in [6.07, 6.45) is 4.97. The van der Waals surface area contributed by atoms with Crippen molar-refractivity contribution in [3.63, 3.8) is 0 Å².